The Kier molecular flexibility index (Phi) is 3.98. The molecule has 2 unspecified atom stereocenters. The summed E-state index contributed by atoms with van der Waals surface area (Å²) in [5, 5.41) is 26.4. The lowest BCUT2D eigenvalue weighted by Gasteiger charge is -2.25. The van der Waals surface area contributed by atoms with Gasteiger partial charge in [-0.15, -0.1) is 0 Å². The minimum Gasteiger partial charge on any atom is -0.481 e. The van der Waals surface area contributed by atoms with Gasteiger partial charge in [-0.3, -0.25) is 4.79 Å². The van der Waals surface area contributed by atoms with E-state index in [2.05, 4.69) is 11.3 Å². The van der Waals surface area contributed by atoms with Gasteiger partial charge in [0, 0.05) is 6.08 Å². The maximum Gasteiger partial charge on any atom is 0.378 e. The van der Waals surface area contributed by atoms with E-state index < -0.39 is 29.6 Å². The fraction of sp³-hybridized carbons (Fsp3) is 0.375. The first-order chi connectivity index (χ1) is 6.75. The second kappa shape index (κ2) is 4.56. The Bertz CT molecular complexity index is 308. The van der Waals surface area contributed by atoms with E-state index in [9.17, 15) is 19.5 Å². The molecule has 0 aliphatic carbocycles. The fourth-order valence-electron chi connectivity index (χ4n) is 0.680. The Hall–Kier alpha value is -1.89. The van der Waals surface area contributed by atoms with Gasteiger partial charge in [0.2, 0.25) is 0 Å². The summed E-state index contributed by atoms with van der Waals surface area (Å²) in [6.07, 6.45) is 0.614. The molecule has 0 radical (unpaired) electrons. The van der Waals surface area contributed by atoms with Crippen LogP contribution in [0.25, 0.3) is 0 Å². The maximum atomic E-state index is 10.7. The maximum absolute atomic E-state index is 10.7. The molecule has 7 heteroatoms. The lowest BCUT2D eigenvalue weighted by molar-refractivity contribution is -0.236. The Labute approximate surface area is 84.6 Å². The van der Waals surface area contributed by atoms with Gasteiger partial charge in [0.25, 0.3) is 0 Å². The van der Waals surface area contributed by atoms with Crippen molar-refractivity contribution in [1.29, 1.82) is 0 Å². The third-order valence-electron chi connectivity index (χ3n) is 1.69. The molecule has 7 nitrogen and oxygen atoms in total. The SMILES string of the molecule is C=CC(=O)OC(O)(C(=O)O)C(C)C(=O)O. The molecule has 2 atom stereocenters. The summed E-state index contributed by atoms with van der Waals surface area (Å²) in [6.45, 7) is 3.88. The second-order valence-corrected chi connectivity index (χ2v) is 2.69. The van der Waals surface area contributed by atoms with Gasteiger partial charge in [-0.25, -0.2) is 9.59 Å². The standard InChI is InChI=1S/C8H10O7/c1-3-5(9)15-8(14,7(12)13)4(2)6(10)11/h3-4,14H,1H2,2H3,(H,10,11)(H,12,13). The van der Waals surface area contributed by atoms with Gasteiger partial charge in [-0.2, -0.15) is 0 Å². The summed E-state index contributed by atoms with van der Waals surface area (Å²) in [7, 11) is 0. The van der Waals surface area contributed by atoms with Crippen LogP contribution in [0.15, 0.2) is 12.7 Å². The van der Waals surface area contributed by atoms with Gasteiger partial charge < -0.3 is 20.1 Å². The molecule has 0 spiro atoms. The van der Waals surface area contributed by atoms with E-state index in [1.165, 1.54) is 0 Å². The predicted molar refractivity (Wildman–Crippen MR) is 45.7 cm³/mol. The highest BCUT2D eigenvalue weighted by atomic mass is 16.7. The first-order valence-electron chi connectivity index (χ1n) is 3.79. The molecular weight excluding hydrogens is 208 g/mol. The van der Waals surface area contributed by atoms with Crippen LogP contribution in [0.3, 0.4) is 0 Å². The van der Waals surface area contributed by atoms with Gasteiger partial charge in [0.1, 0.15) is 5.92 Å². The number of esters is 1. The number of carbonyl (C=O) groups is 3. The quantitative estimate of drug-likeness (QED) is 0.314. The summed E-state index contributed by atoms with van der Waals surface area (Å²) in [4.78, 5) is 31.8. The van der Waals surface area contributed by atoms with Crippen molar-refractivity contribution in [3.8, 4) is 0 Å². The van der Waals surface area contributed by atoms with Crippen molar-refractivity contribution >= 4 is 17.9 Å². The molecule has 0 aromatic rings. The zero-order valence-electron chi connectivity index (χ0n) is 7.84. The van der Waals surface area contributed by atoms with Crippen LogP contribution >= 0.6 is 0 Å². The lowest BCUT2D eigenvalue weighted by atomic mass is 10.0. The van der Waals surface area contributed by atoms with E-state index in [-0.39, 0.29) is 0 Å². The summed E-state index contributed by atoms with van der Waals surface area (Å²) in [6, 6.07) is 0. The monoisotopic (exact) mass is 218 g/mol. The molecule has 0 saturated heterocycles. The molecule has 0 saturated carbocycles. The van der Waals surface area contributed by atoms with Crippen LogP contribution < -0.4 is 0 Å². The highest BCUT2D eigenvalue weighted by molar-refractivity contribution is 5.89. The first-order valence-corrected chi connectivity index (χ1v) is 3.79. The van der Waals surface area contributed by atoms with E-state index >= 15 is 0 Å². The van der Waals surface area contributed by atoms with Gasteiger partial charge in [0.05, 0.1) is 0 Å². The molecule has 0 amide bonds. The van der Waals surface area contributed by atoms with Crippen molar-refractivity contribution in [3.05, 3.63) is 12.7 Å². The number of hydrogen-bond donors (Lipinski definition) is 3. The molecule has 0 aromatic carbocycles. The average Bonchev–Trinajstić information content (AvgIpc) is 2.15. The van der Waals surface area contributed by atoms with Gasteiger partial charge in [-0.05, 0) is 6.92 Å². The topological polar surface area (TPSA) is 121 Å². The first kappa shape index (κ1) is 13.1. The average molecular weight is 218 g/mol. The summed E-state index contributed by atoms with van der Waals surface area (Å²) in [5.41, 5.74) is 0. The van der Waals surface area contributed by atoms with E-state index in [4.69, 9.17) is 10.2 Å². The minimum atomic E-state index is -3.10. The summed E-state index contributed by atoms with van der Waals surface area (Å²) >= 11 is 0. The van der Waals surface area contributed by atoms with Crippen molar-refractivity contribution in [2.75, 3.05) is 0 Å². The number of aliphatic carboxylic acids is 2. The van der Waals surface area contributed by atoms with Crippen LogP contribution in [-0.2, 0) is 19.1 Å². The van der Waals surface area contributed by atoms with Crippen LogP contribution in [0.4, 0.5) is 0 Å². The molecule has 0 aromatic heterocycles. The normalized spacial score (nSPS) is 15.9. The van der Waals surface area contributed by atoms with Crippen LogP contribution in [-0.4, -0.2) is 39.0 Å². The van der Waals surface area contributed by atoms with Crippen molar-refractivity contribution in [2.45, 2.75) is 12.7 Å². The third-order valence-corrected chi connectivity index (χ3v) is 1.69. The van der Waals surface area contributed by atoms with Crippen molar-refractivity contribution in [3.63, 3.8) is 0 Å². The van der Waals surface area contributed by atoms with E-state index in [1.807, 2.05) is 0 Å². The minimum absolute atomic E-state index is 0.614. The Balaban J connectivity index is 5.06. The summed E-state index contributed by atoms with van der Waals surface area (Å²) in [5.74, 6) is -9.71. The Morgan fingerprint density at radius 1 is 1.40 bits per heavy atom. The van der Waals surface area contributed by atoms with Crippen LogP contribution in [0.5, 0.6) is 0 Å². The largest absolute Gasteiger partial charge is 0.481 e. The van der Waals surface area contributed by atoms with Crippen LogP contribution in [0.1, 0.15) is 6.92 Å². The van der Waals surface area contributed by atoms with Crippen LogP contribution in [0.2, 0.25) is 0 Å². The van der Waals surface area contributed by atoms with Crippen molar-refractivity contribution < 1.29 is 34.4 Å². The molecule has 84 valence electrons. The van der Waals surface area contributed by atoms with Crippen molar-refractivity contribution in [1.82, 2.24) is 0 Å². The van der Waals surface area contributed by atoms with E-state index in [1.54, 1.807) is 0 Å². The van der Waals surface area contributed by atoms with Crippen LogP contribution in [0, 0.1) is 5.92 Å². The number of ether oxygens (including phenoxy) is 1. The van der Waals surface area contributed by atoms with Crippen molar-refractivity contribution in [2.24, 2.45) is 5.92 Å². The molecule has 0 rings (SSSR count). The Morgan fingerprint density at radius 3 is 2.13 bits per heavy atom. The highest BCUT2D eigenvalue weighted by Gasteiger charge is 2.49. The third kappa shape index (κ3) is 2.78. The molecular formula is C8H10O7. The van der Waals surface area contributed by atoms with E-state index in [0.29, 0.717) is 6.08 Å². The molecule has 0 aliphatic heterocycles. The molecule has 0 fully saturated rings. The number of rotatable bonds is 5. The molecule has 0 bridgehead atoms. The second-order valence-electron chi connectivity index (χ2n) is 2.69. The smallest absolute Gasteiger partial charge is 0.378 e. The number of hydrogen-bond acceptors (Lipinski definition) is 5. The number of carbonyl (C=O) groups excluding carboxylic acids is 1. The molecule has 0 aliphatic rings. The molecule has 0 heterocycles. The number of aliphatic hydroxyl groups is 1. The van der Waals surface area contributed by atoms with Gasteiger partial charge in [-0.1, -0.05) is 6.58 Å². The highest BCUT2D eigenvalue weighted by Crippen LogP contribution is 2.20. The number of carboxylic acid groups (broad SMARTS) is 2. The number of carboxylic acids is 2. The lowest BCUT2D eigenvalue weighted by Crippen LogP contribution is -2.51. The fourth-order valence-corrected chi connectivity index (χ4v) is 0.680. The predicted octanol–water partition coefficient (Wildman–Crippen LogP) is -0.791. The summed E-state index contributed by atoms with van der Waals surface area (Å²) < 4.78 is 4.09. The molecule has 3 N–H and O–H groups in total. The zero-order chi connectivity index (χ0) is 12.2. The van der Waals surface area contributed by atoms with Gasteiger partial charge in [0.15, 0.2) is 0 Å². The zero-order valence-corrected chi connectivity index (χ0v) is 7.84. The van der Waals surface area contributed by atoms with Gasteiger partial charge >= 0.3 is 23.7 Å². The molecule has 15 heavy (non-hydrogen) atoms. The Morgan fingerprint density at radius 2 is 1.87 bits per heavy atom. The van der Waals surface area contributed by atoms with E-state index in [0.717, 1.165) is 6.92 Å².